The fourth-order valence-corrected chi connectivity index (χ4v) is 1.72. The molecule has 0 aromatic heterocycles. The van der Waals surface area contributed by atoms with E-state index in [1.165, 1.54) is 0 Å². The first-order chi connectivity index (χ1) is 6.97. The van der Waals surface area contributed by atoms with Crippen molar-refractivity contribution in [1.29, 1.82) is 0 Å². The Labute approximate surface area is 94.2 Å². The van der Waals surface area contributed by atoms with Crippen molar-refractivity contribution in [1.82, 2.24) is 10.2 Å². The average molecular weight is 214 g/mol. The van der Waals surface area contributed by atoms with Gasteiger partial charge in [-0.15, -0.1) is 0 Å². The number of hydrogen-bond acceptors (Lipinski definition) is 3. The summed E-state index contributed by atoms with van der Waals surface area (Å²) < 4.78 is 5.33. The Morgan fingerprint density at radius 3 is 2.40 bits per heavy atom. The second-order valence-corrected chi connectivity index (χ2v) is 5.76. The van der Waals surface area contributed by atoms with E-state index in [1.54, 1.807) is 0 Å². The number of nitrogens with one attached hydrogen (secondary N) is 1. The molecule has 0 bridgehead atoms. The van der Waals surface area contributed by atoms with Gasteiger partial charge in [0.25, 0.3) is 0 Å². The van der Waals surface area contributed by atoms with Crippen molar-refractivity contribution < 1.29 is 4.74 Å². The highest BCUT2D eigenvalue weighted by atomic mass is 16.5. The average Bonchev–Trinajstić information content (AvgIpc) is 2.15. The van der Waals surface area contributed by atoms with Crippen molar-refractivity contribution in [2.75, 3.05) is 39.4 Å². The molecule has 1 unspecified atom stereocenters. The molecular formula is C12H26N2O. The number of nitrogens with zero attached hydrogens (tertiary/aromatic N) is 1. The number of ether oxygens (including phenoxy) is 1. The molecule has 1 N–H and O–H groups in total. The summed E-state index contributed by atoms with van der Waals surface area (Å²) in [5.74, 6) is 0. The fraction of sp³-hybridized carbons (Fsp3) is 1.00. The number of morpholine rings is 1. The molecule has 0 aromatic rings. The lowest BCUT2D eigenvalue weighted by Crippen LogP contribution is -2.46. The molecule has 1 atom stereocenters. The van der Waals surface area contributed by atoms with Gasteiger partial charge in [0.15, 0.2) is 0 Å². The van der Waals surface area contributed by atoms with Gasteiger partial charge in [-0.3, -0.25) is 4.90 Å². The third kappa shape index (κ3) is 6.13. The van der Waals surface area contributed by atoms with Gasteiger partial charge in [0.05, 0.1) is 13.2 Å². The first kappa shape index (κ1) is 12.9. The maximum atomic E-state index is 5.33. The van der Waals surface area contributed by atoms with Gasteiger partial charge in [-0.2, -0.15) is 0 Å². The third-order valence-electron chi connectivity index (χ3n) is 2.62. The van der Waals surface area contributed by atoms with Crippen molar-refractivity contribution in [2.45, 2.75) is 33.7 Å². The zero-order valence-electron chi connectivity index (χ0n) is 10.7. The van der Waals surface area contributed by atoms with Gasteiger partial charge in [-0.1, -0.05) is 20.8 Å². The summed E-state index contributed by atoms with van der Waals surface area (Å²) in [6, 6.07) is 0.572. The van der Waals surface area contributed by atoms with Crippen LogP contribution in [0.15, 0.2) is 0 Å². The standard InChI is InChI=1S/C12H26N2O/c1-11(13-10-12(2,3)4)9-14-5-7-15-8-6-14/h11,13H,5-10H2,1-4H3. The molecule has 0 spiro atoms. The van der Waals surface area contributed by atoms with E-state index in [2.05, 4.69) is 37.9 Å². The second-order valence-electron chi connectivity index (χ2n) is 5.76. The lowest BCUT2D eigenvalue weighted by Gasteiger charge is -2.30. The summed E-state index contributed by atoms with van der Waals surface area (Å²) in [5, 5.41) is 3.59. The Bertz CT molecular complexity index is 171. The van der Waals surface area contributed by atoms with Crippen LogP contribution in [0.25, 0.3) is 0 Å². The van der Waals surface area contributed by atoms with E-state index in [0.29, 0.717) is 11.5 Å². The molecule has 1 saturated heterocycles. The highest BCUT2D eigenvalue weighted by Crippen LogP contribution is 2.10. The first-order valence-corrected chi connectivity index (χ1v) is 6.01. The minimum absolute atomic E-state index is 0.374. The lowest BCUT2D eigenvalue weighted by molar-refractivity contribution is 0.0340. The Morgan fingerprint density at radius 2 is 1.87 bits per heavy atom. The second kappa shape index (κ2) is 5.83. The number of hydrogen-bond donors (Lipinski definition) is 1. The molecule has 1 rings (SSSR count). The minimum Gasteiger partial charge on any atom is -0.379 e. The predicted octanol–water partition coefficient (Wildman–Crippen LogP) is 1.34. The van der Waals surface area contributed by atoms with Gasteiger partial charge in [0.1, 0.15) is 0 Å². The van der Waals surface area contributed by atoms with Crippen molar-refractivity contribution in [3.8, 4) is 0 Å². The Morgan fingerprint density at radius 1 is 1.27 bits per heavy atom. The van der Waals surface area contributed by atoms with Crippen LogP contribution in [-0.2, 0) is 4.74 Å². The van der Waals surface area contributed by atoms with E-state index >= 15 is 0 Å². The molecule has 0 aromatic carbocycles. The van der Waals surface area contributed by atoms with Crippen LogP contribution in [0.3, 0.4) is 0 Å². The molecule has 3 heteroatoms. The Balaban J connectivity index is 2.14. The first-order valence-electron chi connectivity index (χ1n) is 6.01. The SMILES string of the molecule is CC(CN1CCOCC1)NCC(C)(C)C. The van der Waals surface area contributed by atoms with Crippen LogP contribution in [-0.4, -0.2) is 50.3 Å². The van der Waals surface area contributed by atoms with Crippen LogP contribution >= 0.6 is 0 Å². The molecule has 1 heterocycles. The van der Waals surface area contributed by atoms with Crippen LogP contribution in [0.2, 0.25) is 0 Å². The predicted molar refractivity (Wildman–Crippen MR) is 64.2 cm³/mol. The van der Waals surface area contributed by atoms with E-state index in [0.717, 1.165) is 39.4 Å². The topological polar surface area (TPSA) is 24.5 Å². The van der Waals surface area contributed by atoms with Crippen LogP contribution < -0.4 is 5.32 Å². The normalized spacial score (nSPS) is 21.6. The Hall–Kier alpha value is -0.120. The maximum absolute atomic E-state index is 5.33. The number of rotatable bonds is 4. The van der Waals surface area contributed by atoms with Gasteiger partial charge in [0.2, 0.25) is 0 Å². The quantitative estimate of drug-likeness (QED) is 0.764. The molecule has 1 fully saturated rings. The molecule has 15 heavy (non-hydrogen) atoms. The van der Waals surface area contributed by atoms with Crippen LogP contribution in [0.5, 0.6) is 0 Å². The van der Waals surface area contributed by atoms with E-state index in [1.807, 2.05) is 0 Å². The molecule has 1 aliphatic rings. The summed E-state index contributed by atoms with van der Waals surface area (Å²) in [4.78, 5) is 2.48. The molecule has 0 amide bonds. The summed E-state index contributed by atoms with van der Waals surface area (Å²) in [6.45, 7) is 15.2. The fourth-order valence-electron chi connectivity index (χ4n) is 1.72. The van der Waals surface area contributed by atoms with Crippen molar-refractivity contribution >= 4 is 0 Å². The van der Waals surface area contributed by atoms with Crippen LogP contribution in [0, 0.1) is 5.41 Å². The van der Waals surface area contributed by atoms with E-state index < -0.39 is 0 Å². The molecule has 0 radical (unpaired) electrons. The zero-order chi connectivity index (χ0) is 11.3. The van der Waals surface area contributed by atoms with Crippen LogP contribution in [0.1, 0.15) is 27.7 Å². The molecule has 1 aliphatic heterocycles. The summed E-state index contributed by atoms with van der Waals surface area (Å²) in [5.41, 5.74) is 0.374. The zero-order valence-corrected chi connectivity index (χ0v) is 10.7. The van der Waals surface area contributed by atoms with E-state index in [9.17, 15) is 0 Å². The molecular weight excluding hydrogens is 188 g/mol. The van der Waals surface area contributed by atoms with Crippen molar-refractivity contribution in [3.05, 3.63) is 0 Å². The lowest BCUT2D eigenvalue weighted by atomic mass is 9.96. The molecule has 0 aliphatic carbocycles. The van der Waals surface area contributed by atoms with Gasteiger partial charge in [-0.05, 0) is 12.3 Å². The monoisotopic (exact) mass is 214 g/mol. The largest absolute Gasteiger partial charge is 0.379 e. The van der Waals surface area contributed by atoms with Crippen LogP contribution in [0.4, 0.5) is 0 Å². The third-order valence-corrected chi connectivity index (χ3v) is 2.62. The van der Waals surface area contributed by atoms with Crippen molar-refractivity contribution in [2.24, 2.45) is 5.41 Å². The summed E-state index contributed by atoms with van der Waals surface area (Å²) >= 11 is 0. The van der Waals surface area contributed by atoms with Gasteiger partial charge in [0, 0.05) is 32.2 Å². The summed E-state index contributed by atoms with van der Waals surface area (Å²) in [6.07, 6.45) is 0. The maximum Gasteiger partial charge on any atom is 0.0594 e. The summed E-state index contributed by atoms with van der Waals surface area (Å²) in [7, 11) is 0. The van der Waals surface area contributed by atoms with Gasteiger partial charge in [-0.25, -0.2) is 0 Å². The van der Waals surface area contributed by atoms with E-state index in [4.69, 9.17) is 4.74 Å². The highest BCUT2D eigenvalue weighted by molar-refractivity contribution is 4.73. The molecule has 3 nitrogen and oxygen atoms in total. The van der Waals surface area contributed by atoms with Gasteiger partial charge >= 0.3 is 0 Å². The van der Waals surface area contributed by atoms with Crippen molar-refractivity contribution in [3.63, 3.8) is 0 Å². The minimum atomic E-state index is 0.374. The van der Waals surface area contributed by atoms with Gasteiger partial charge < -0.3 is 10.1 Å². The smallest absolute Gasteiger partial charge is 0.0594 e. The highest BCUT2D eigenvalue weighted by Gasteiger charge is 2.15. The van der Waals surface area contributed by atoms with E-state index in [-0.39, 0.29) is 0 Å². The Kier molecular flexibility index (Phi) is 5.03. The molecule has 90 valence electrons. The molecule has 0 saturated carbocycles.